The van der Waals surface area contributed by atoms with Gasteiger partial charge < -0.3 is 14.1 Å². The fraction of sp³-hybridized carbons (Fsp3) is 0.577. The Kier molecular flexibility index (Phi) is 9.39. The molecule has 198 valence electrons. The number of alkyl halides is 3. The van der Waals surface area contributed by atoms with Gasteiger partial charge in [0.2, 0.25) is 5.91 Å². The number of ether oxygens (including phenoxy) is 1. The minimum atomic E-state index is -4.67. The molecular weight excluding hydrogens is 477 g/mol. The quantitative estimate of drug-likeness (QED) is 0.215. The molecule has 0 spiro atoms. The Morgan fingerprint density at radius 1 is 1.00 bits per heavy atom. The lowest BCUT2D eigenvalue weighted by Gasteiger charge is -2.19. The molecule has 1 N–H and O–H groups in total. The van der Waals surface area contributed by atoms with Gasteiger partial charge in [-0.3, -0.25) is 10.1 Å². The van der Waals surface area contributed by atoms with Crippen LogP contribution in [0.4, 0.5) is 18.0 Å². The number of nitrogens with zero attached hydrogens (tertiary/aromatic N) is 1. The number of urea groups is 1. The van der Waals surface area contributed by atoms with Crippen LogP contribution in [0.1, 0.15) is 75.5 Å². The maximum absolute atomic E-state index is 13.7. The van der Waals surface area contributed by atoms with Crippen molar-refractivity contribution >= 4 is 22.9 Å². The monoisotopic (exact) mass is 510 g/mol. The number of halogens is 3. The summed E-state index contributed by atoms with van der Waals surface area (Å²) in [5.41, 5.74) is -0.856. The number of hydrogen-bond acceptors (Lipinski definition) is 5. The van der Waals surface area contributed by atoms with Crippen LogP contribution in [0.5, 0.6) is 5.75 Å². The molecule has 1 aromatic carbocycles. The van der Waals surface area contributed by atoms with Crippen LogP contribution >= 0.6 is 0 Å². The Balaban J connectivity index is 1.67. The first-order valence-electron chi connectivity index (χ1n) is 12.6. The van der Waals surface area contributed by atoms with Crippen LogP contribution in [0.3, 0.4) is 0 Å². The number of carbonyl (C=O) groups is 2. The highest BCUT2D eigenvalue weighted by molar-refractivity contribution is 6.01. The van der Waals surface area contributed by atoms with Crippen molar-refractivity contribution in [3.63, 3.8) is 0 Å². The molecule has 1 aromatic heterocycles. The lowest BCUT2D eigenvalue weighted by molar-refractivity contribution is -0.136. The minimum Gasteiger partial charge on any atom is -0.493 e. The number of imide groups is 1. The molecule has 7 nitrogen and oxygen atoms in total. The van der Waals surface area contributed by atoms with Crippen LogP contribution in [0, 0.1) is 0 Å². The number of hydrogen-bond donors (Lipinski definition) is 1. The predicted molar refractivity (Wildman–Crippen MR) is 129 cm³/mol. The number of amides is 3. The number of fused-ring (bicyclic) bond motifs is 1. The molecule has 1 fully saturated rings. The highest BCUT2D eigenvalue weighted by atomic mass is 19.4. The maximum Gasteiger partial charge on any atom is 0.417 e. The molecule has 36 heavy (non-hydrogen) atoms. The SMILES string of the molecule is CCCc1cc2c(C(F)(F)F)cc(=O)oc2c(CCC)c1OCCCCCCCN1CC(=O)NC1=O. The zero-order valence-corrected chi connectivity index (χ0v) is 20.8. The summed E-state index contributed by atoms with van der Waals surface area (Å²) >= 11 is 0. The fourth-order valence-electron chi connectivity index (χ4n) is 4.53. The molecular formula is C26H33F3N2O5. The summed E-state index contributed by atoms with van der Waals surface area (Å²) in [5.74, 6) is 0.253. The van der Waals surface area contributed by atoms with E-state index in [-0.39, 0.29) is 29.5 Å². The molecule has 0 radical (unpaired) electrons. The molecule has 2 heterocycles. The van der Waals surface area contributed by atoms with E-state index < -0.39 is 17.4 Å². The van der Waals surface area contributed by atoms with Gasteiger partial charge in [0.1, 0.15) is 17.9 Å². The van der Waals surface area contributed by atoms with Crippen molar-refractivity contribution in [2.75, 3.05) is 19.7 Å². The largest absolute Gasteiger partial charge is 0.493 e. The van der Waals surface area contributed by atoms with Gasteiger partial charge in [-0.05, 0) is 37.3 Å². The highest BCUT2D eigenvalue weighted by Gasteiger charge is 2.35. The highest BCUT2D eigenvalue weighted by Crippen LogP contribution is 2.40. The number of benzene rings is 1. The number of aryl methyl sites for hydroxylation is 2. The molecule has 0 bridgehead atoms. The number of rotatable bonds is 13. The van der Waals surface area contributed by atoms with Gasteiger partial charge in [-0.2, -0.15) is 13.2 Å². The second-order valence-electron chi connectivity index (χ2n) is 9.09. The van der Waals surface area contributed by atoms with E-state index in [2.05, 4.69) is 5.32 Å². The van der Waals surface area contributed by atoms with Crippen molar-refractivity contribution in [2.45, 2.75) is 77.8 Å². The van der Waals surface area contributed by atoms with Crippen LogP contribution in [0.15, 0.2) is 21.3 Å². The summed E-state index contributed by atoms with van der Waals surface area (Å²) < 4.78 is 52.5. The van der Waals surface area contributed by atoms with Crippen molar-refractivity contribution in [3.8, 4) is 5.75 Å². The van der Waals surface area contributed by atoms with Crippen molar-refractivity contribution in [2.24, 2.45) is 0 Å². The maximum atomic E-state index is 13.7. The third-order valence-electron chi connectivity index (χ3n) is 6.17. The van der Waals surface area contributed by atoms with Gasteiger partial charge in [0.15, 0.2) is 0 Å². The molecule has 1 saturated heterocycles. The average molecular weight is 511 g/mol. The molecule has 0 unspecified atom stereocenters. The van der Waals surface area contributed by atoms with Crippen molar-refractivity contribution in [3.05, 3.63) is 39.2 Å². The van der Waals surface area contributed by atoms with E-state index in [1.807, 2.05) is 13.8 Å². The second kappa shape index (κ2) is 12.3. The van der Waals surface area contributed by atoms with Gasteiger partial charge >= 0.3 is 17.8 Å². The van der Waals surface area contributed by atoms with Gasteiger partial charge in [-0.15, -0.1) is 0 Å². The lowest BCUT2D eigenvalue weighted by atomic mass is 9.96. The average Bonchev–Trinajstić information content (AvgIpc) is 3.13. The van der Waals surface area contributed by atoms with Gasteiger partial charge in [0.25, 0.3) is 0 Å². The standard InChI is InChI=1S/C26H33F3N2O5/c1-3-10-17-14-19-20(26(27,28)29)15-22(33)36-24(19)18(11-4-2)23(17)35-13-9-7-5-6-8-12-31-16-21(32)30-25(31)34/h14-15H,3-13,16H2,1-2H3,(H,30,32,34). The van der Waals surface area contributed by atoms with Crippen LogP contribution in [-0.2, 0) is 23.8 Å². The Bertz CT molecular complexity index is 1140. The van der Waals surface area contributed by atoms with E-state index in [1.165, 1.54) is 11.0 Å². The molecule has 0 aliphatic carbocycles. The van der Waals surface area contributed by atoms with Gasteiger partial charge in [0, 0.05) is 23.6 Å². The molecule has 2 aromatic rings. The Morgan fingerprint density at radius 3 is 2.33 bits per heavy atom. The molecule has 3 rings (SSSR count). The molecule has 0 atom stereocenters. The normalized spacial score (nSPS) is 14.1. The number of unbranched alkanes of at least 4 members (excludes halogenated alkanes) is 4. The summed E-state index contributed by atoms with van der Waals surface area (Å²) in [7, 11) is 0. The molecule has 3 amide bonds. The van der Waals surface area contributed by atoms with E-state index >= 15 is 0 Å². The predicted octanol–water partition coefficient (Wildman–Crippen LogP) is 5.60. The Hall–Kier alpha value is -3.04. The Labute approximate surface area is 208 Å². The van der Waals surface area contributed by atoms with Crippen molar-refractivity contribution < 1.29 is 31.9 Å². The first-order chi connectivity index (χ1) is 17.2. The Morgan fingerprint density at radius 2 is 1.69 bits per heavy atom. The van der Waals surface area contributed by atoms with Gasteiger partial charge in [-0.25, -0.2) is 9.59 Å². The molecule has 0 saturated carbocycles. The first kappa shape index (κ1) is 27.5. The summed E-state index contributed by atoms with van der Waals surface area (Å²) in [6, 6.07) is 1.63. The van der Waals surface area contributed by atoms with E-state index in [0.29, 0.717) is 55.4 Å². The van der Waals surface area contributed by atoms with Crippen LogP contribution in [0.2, 0.25) is 0 Å². The zero-order valence-electron chi connectivity index (χ0n) is 20.8. The summed E-state index contributed by atoms with van der Waals surface area (Å²) in [6.07, 6.45) is 1.97. The van der Waals surface area contributed by atoms with Gasteiger partial charge in [0.05, 0.1) is 12.2 Å². The molecule has 1 aliphatic heterocycles. The van der Waals surface area contributed by atoms with Crippen LogP contribution in [0.25, 0.3) is 11.0 Å². The van der Waals surface area contributed by atoms with E-state index in [9.17, 15) is 27.6 Å². The fourth-order valence-corrected chi connectivity index (χ4v) is 4.53. The number of nitrogens with one attached hydrogen (secondary N) is 1. The smallest absolute Gasteiger partial charge is 0.417 e. The minimum absolute atomic E-state index is 0.0454. The summed E-state index contributed by atoms with van der Waals surface area (Å²) in [4.78, 5) is 36.2. The van der Waals surface area contributed by atoms with Crippen LogP contribution in [-0.4, -0.2) is 36.5 Å². The summed E-state index contributed by atoms with van der Waals surface area (Å²) in [6.45, 7) is 4.91. The second-order valence-corrected chi connectivity index (χ2v) is 9.09. The molecule has 1 aliphatic rings. The third kappa shape index (κ3) is 6.79. The van der Waals surface area contributed by atoms with E-state index in [0.717, 1.165) is 38.5 Å². The van der Waals surface area contributed by atoms with Gasteiger partial charge in [-0.1, -0.05) is 46.0 Å². The van der Waals surface area contributed by atoms with E-state index in [1.54, 1.807) is 0 Å². The number of carbonyl (C=O) groups excluding carboxylic acids is 2. The molecule has 10 heteroatoms. The van der Waals surface area contributed by atoms with E-state index in [4.69, 9.17) is 9.15 Å². The lowest BCUT2D eigenvalue weighted by Crippen LogP contribution is -2.29. The van der Waals surface area contributed by atoms with Crippen molar-refractivity contribution in [1.82, 2.24) is 10.2 Å². The third-order valence-corrected chi connectivity index (χ3v) is 6.17. The van der Waals surface area contributed by atoms with Crippen LogP contribution < -0.4 is 15.7 Å². The van der Waals surface area contributed by atoms with Crippen molar-refractivity contribution in [1.29, 1.82) is 0 Å². The first-order valence-corrected chi connectivity index (χ1v) is 12.6. The topological polar surface area (TPSA) is 88.8 Å². The zero-order chi connectivity index (χ0) is 26.3. The summed E-state index contributed by atoms with van der Waals surface area (Å²) in [5, 5.41) is 2.15.